The molecular weight excluding hydrogens is 279 g/mol. The lowest BCUT2D eigenvalue weighted by Crippen LogP contribution is -2.27. The summed E-state index contributed by atoms with van der Waals surface area (Å²) in [7, 11) is 0. The number of rotatable bonds is 1. The summed E-state index contributed by atoms with van der Waals surface area (Å²) in [4.78, 5) is 4.47. The zero-order valence-electron chi connectivity index (χ0n) is 12.1. The molecule has 0 N–H and O–H groups in total. The minimum atomic E-state index is -4.06. The van der Waals surface area contributed by atoms with Crippen LogP contribution in [0.4, 0.5) is 13.2 Å². The van der Waals surface area contributed by atoms with Crippen molar-refractivity contribution in [2.24, 2.45) is 5.92 Å². The number of aryl methyl sites for hydroxylation is 2. The normalized spacial score (nSPS) is 23.7. The first-order valence-corrected chi connectivity index (χ1v) is 7.25. The van der Waals surface area contributed by atoms with Crippen molar-refractivity contribution in [1.82, 2.24) is 14.6 Å². The Morgan fingerprint density at radius 2 is 1.81 bits per heavy atom. The van der Waals surface area contributed by atoms with Gasteiger partial charge in [-0.25, -0.2) is 9.50 Å². The van der Waals surface area contributed by atoms with E-state index in [1.165, 1.54) is 0 Å². The van der Waals surface area contributed by atoms with Gasteiger partial charge < -0.3 is 0 Å². The molecule has 1 saturated carbocycles. The van der Waals surface area contributed by atoms with E-state index < -0.39 is 12.1 Å². The Balaban J connectivity index is 1.79. The predicted octanol–water partition coefficient (Wildman–Crippen LogP) is 4.18. The maximum Gasteiger partial charge on any atom is 0.391 e. The molecule has 6 heteroatoms. The van der Waals surface area contributed by atoms with Crippen LogP contribution in [-0.4, -0.2) is 20.8 Å². The average molecular weight is 297 g/mol. The zero-order valence-corrected chi connectivity index (χ0v) is 12.1. The second-order valence-electron chi connectivity index (χ2n) is 5.97. The highest BCUT2D eigenvalue weighted by Gasteiger charge is 2.41. The monoisotopic (exact) mass is 297 g/mol. The largest absolute Gasteiger partial charge is 0.391 e. The van der Waals surface area contributed by atoms with Gasteiger partial charge in [-0.05, 0) is 45.1 Å². The van der Waals surface area contributed by atoms with Gasteiger partial charge in [-0.3, -0.25) is 0 Å². The first-order valence-electron chi connectivity index (χ1n) is 7.25. The highest BCUT2D eigenvalue weighted by Crippen LogP contribution is 2.42. The Bertz CT molecular complexity index is 613. The van der Waals surface area contributed by atoms with Crippen molar-refractivity contribution in [3.05, 3.63) is 29.2 Å². The second kappa shape index (κ2) is 5.00. The fourth-order valence-corrected chi connectivity index (χ4v) is 3.03. The van der Waals surface area contributed by atoms with Gasteiger partial charge in [0.15, 0.2) is 5.65 Å². The van der Waals surface area contributed by atoms with E-state index >= 15 is 0 Å². The molecule has 0 aromatic carbocycles. The predicted molar refractivity (Wildman–Crippen MR) is 73.2 cm³/mol. The number of hydrogen-bond donors (Lipinski definition) is 0. The summed E-state index contributed by atoms with van der Waals surface area (Å²) in [6.07, 6.45) is -0.638. The van der Waals surface area contributed by atoms with E-state index in [1.807, 2.05) is 26.1 Å². The molecule has 1 aliphatic rings. The lowest BCUT2D eigenvalue weighted by molar-refractivity contribution is -0.182. The minimum Gasteiger partial charge on any atom is -0.234 e. The van der Waals surface area contributed by atoms with Crippen LogP contribution in [0.3, 0.4) is 0 Å². The van der Waals surface area contributed by atoms with Crippen LogP contribution in [-0.2, 0) is 0 Å². The van der Waals surface area contributed by atoms with Gasteiger partial charge >= 0.3 is 6.18 Å². The molecule has 2 aromatic heterocycles. The summed E-state index contributed by atoms with van der Waals surface area (Å²) in [5, 5.41) is 4.50. The van der Waals surface area contributed by atoms with E-state index in [1.54, 1.807) is 4.52 Å². The van der Waals surface area contributed by atoms with Crippen molar-refractivity contribution in [3.63, 3.8) is 0 Å². The first-order chi connectivity index (χ1) is 9.84. The zero-order chi connectivity index (χ0) is 15.2. The van der Waals surface area contributed by atoms with E-state index in [4.69, 9.17) is 0 Å². The number of fused-ring (bicyclic) bond motifs is 1. The van der Waals surface area contributed by atoms with Gasteiger partial charge in [0.1, 0.15) is 0 Å². The van der Waals surface area contributed by atoms with Crippen LogP contribution in [0.25, 0.3) is 5.65 Å². The van der Waals surface area contributed by atoms with Crippen molar-refractivity contribution in [2.75, 3.05) is 0 Å². The van der Waals surface area contributed by atoms with Gasteiger partial charge in [-0.1, -0.05) is 0 Å². The van der Waals surface area contributed by atoms with Crippen molar-refractivity contribution in [3.8, 4) is 0 Å². The third-order valence-corrected chi connectivity index (χ3v) is 4.51. The van der Waals surface area contributed by atoms with Crippen LogP contribution in [0, 0.1) is 19.8 Å². The molecule has 0 bridgehead atoms. The number of hydrogen-bond acceptors (Lipinski definition) is 2. The van der Waals surface area contributed by atoms with Gasteiger partial charge in [0.2, 0.25) is 0 Å². The summed E-state index contributed by atoms with van der Waals surface area (Å²) >= 11 is 0. The lowest BCUT2D eigenvalue weighted by atomic mass is 9.80. The number of halogens is 3. The molecule has 0 atom stereocenters. The highest BCUT2D eigenvalue weighted by molar-refractivity contribution is 5.42. The van der Waals surface area contributed by atoms with E-state index in [0.717, 1.165) is 22.6 Å². The Kier molecular flexibility index (Phi) is 3.42. The maximum absolute atomic E-state index is 12.7. The Morgan fingerprint density at radius 1 is 1.14 bits per heavy atom. The molecule has 2 heterocycles. The van der Waals surface area contributed by atoms with E-state index in [-0.39, 0.29) is 18.8 Å². The van der Waals surface area contributed by atoms with Gasteiger partial charge in [0, 0.05) is 23.9 Å². The first kappa shape index (κ1) is 14.4. The summed E-state index contributed by atoms with van der Waals surface area (Å²) in [5.41, 5.74) is 3.65. The molecule has 21 heavy (non-hydrogen) atoms. The molecule has 114 valence electrons. The number of aromatic nitrogens is 3. The number of alkyl halides is 3. The lowest BCUT2D eigenvalue weighted by Gasteiger charge is -2.28. The molecular formula is C15H18F3N3. The third-order valence-electron chi connectivity index (χ3n) is 4.51. The smallest absolute Gasteiger partial charge is 0.234 e. The van der Waals surface area contributed by atoms with Crippen LogP contribution in [0.1, 0.15) is 48.6 Å². The van der Waals surface area contributed by atoms with Gasteiger partial charge in [-0.2, -0.15) is 18.3 Å². The molecule has 3 rings (SSSR count). The summed E-state index contributed by atoms with van der Waals surface area (Å²) in [5.74, 6) is -1.03. The van der Waals surface area contributed by atoms with E-state index in [9.17, 15) is 13.2 Å². The Labute approximate surface area is 121 Å². The van der Waals surface area contributed by atoms with Crippen LogP contribution >= 0.6 is 0 Å². The van der Waals surface area contributed by atoms with E-state index in [0.29, 0.717) is 12.8 Å². The SMILES string of the molecule is Cc1cn2nc(C3CCC(C(F)(F)F)CC3)cc2nc1C. The summed E-state index contributed by atoms with van der Waals surface area (Å²) in [6, 6.07) is 1.91. The van der Waals surface area contributed by atoms with Crippen molar-refractivity contribution in [1.29, 1.82) is 0 Å². The molecule has 1 fully saturated rings. The summed E-state index contributed by atoms with van der Waals surface area (Å²) < 4.78 is 39.8. The molecule has 0 radical (unpaired) electrons. The fraction of sp³-hybridized carbons (Fsp3) is 0.600. The van der Waals surface area contributed by atoms with Crippen molar-refractivity contribution in [2.45, 2.75) is 51.6 Å². The topological polar surface area (TPSA) is 30.2 Å². The van der Waals surface area contributed by atoms with E-state index in [2.05, 4.69) is 10.1 Å². The molecule has 0 unspecified atom stereocenters. The minimum absolute atomic E-state index is 0.117. The molecule has 2 aromatic rings. The molecule has 3 nitrogen and oxygen atoms in total. The number of nitrogens with zero attached hydrogens (tertiary/aromatic N) is 3. The van der Waals surface area contributed by atoms with Crippen LogP contribution in [0.2, 0.25) is 0 Å². The fourth-order valence-electron chi connectivity index (χ4n) is 3.03. The van der Waals surface area contributed by atoms with Crippen LogP contribution in [0.15, 0.2) is 12.3 Å². The van der Waals surface area contributed by atoms with Gasteiger partial charge in [-0.15, -0.1) is 0 Å². The highest BCUT2D eigenvalue weighted by atomic mass is 19.4. The molecule has 0 saturated heterocycles. The average Bonchev–Trinajstić information content (AvgIpc) is 2.81. The van der Waals surface area contributed by atoms with Crippen molar-refractivity contribution < 1.29 is 13.2 Å². The van der Waals surface area contributed by atoms with Crippen molar-refractivity contribution >= 4 is 5.65 Å². The molecule has 0 spiro atoms. The second-order valence-corrected chi connectivity index (χ2v) is 5.97. The van der Waals surface area contributed by atoms with Crippen LogP contribution < -0.4 is 0 Å². The molecule has 1 aliphatic carbocycles. The van der Waals surface area contributed by atoms with Crippen LogP contribution in [0.5, 0.6) is 0 Å². The van der Waals surface area contributed by atoms with Gasteiger partial charge in [0.05, 0.1) is 11.6 Å². The quantitative estimate of drug-likeness (QED) is 0.790. The molecule has 0 aliphatic heterocycles. The maximum atomic E-state index is 12.7. The summed E-state index contributed by atoms with van der Waals surface area (Å²) in [6.45, 7) is 3.91. The standard InChI is InChI=1S/C15H18F3N3/c1-9-8-21-14(19-10(9)2)7-13(20-21)11-3-5-12(6-4-11)15(16,17)18/h7-8,11-12H,3-6H2,1-2H3. The Morgan fingerprint density at radius 3 is 2.43 bits per heavy atom. The third kappa shape index (κ3) is 2.76. The van der Waals surface area contributed by atoms with Gasteiger partial charge in [0.25, 0.3) is 0 Å². The Hall–Kier alpha value is -1.59. The molecule has 0 amide bonds.